The molecule has 0 bridgehead atoms. The van der Waals surface area contributed by atoms with Crippen LogP contribution in [-0.4, -0.2) is 39.6 Å². The SMILES string of the molecule is CCCn1c(C2CCN(C)CC2)nc2cccnc21. The van der Waals surface area contributed by atoms with E-state index in [1.807, 2.05) is 12.3 Å². The fourth-order valence-electron chi connectivity index (χ4n) is 3.00. The van der Waals surface area contributed by atoms with Crippen LogP contribution in [0.25, 0.3) is 11.2 Å². The number of likely N-dealkylation sites (tertiary alicyclic amines) is 1. The number of hydrogen-bond acceptors (Lipinski definition) is 3. The molecule has 0 amide bonds. The number of rotatable bonds is 3. The van der Waals surface area contributed by atoms with Crippen molar-refractivity contribution in [3.63, 3.8) is 0 Å². The van der Waals surface area contributed by atoms with Gasteiger partial charge in [0.25, 0.3) is 0 Å². The van der Waals surface area contributed by atoms with E-state index < -0.39 is 0 Å². The third-order valence-corrected chi connectivity index (χ3v) is 4.06. The molecule has 1 fully saturated rings. The van der Waals surface area contributed by atoms with Crippen molar-refractivity contribution in [2.75, 3.05) is 20.1 Å². The average molecular weight is 258 g/mol. The van der Waals surface area contributed by atoms with Gasteiger partial charge in [0.1, 0.15) is 11.3 Å². The lowest BCUT2D eigenvalue weighted by Gasteiger charge is -2.28. The molecule has 0 aliphatic carbocycles. The maximum absolute atomic E-state index is 4.86. The van der Waals surface area contributed by atoms with Crippen LogP contribution in [0.3, 0.4) is 0 Å². The largest absolute Gasteiger partial charge is 0.312 e. The number of aromatic nitrogens is 3. The number of piperidine rings is 1. The van der Waals surface area contributed by atoms with Crippen molar-refractivity contribution in [2.45, 2.75) is 38.6 Å². The quantitative estimate of drug-likeness (QED) is 0.848. The smallest absolute Gasteiger partial charge is 0.159 e. The van der Waals surface area contributed by atoms with Gasteiger partial charge in [-0.15, -0.1) is 0 Å². The van der Waals surface area contributed by atoms with E-state index in [4.69, 9.17) is 4.98 Å². The maximum atomic E-state index is 4.86. The molecule has 102 valence electrons. The summed E-state index contributed by atoms with van der Waals surface area (Å²) in [4.78, 5) is 11.8. The van der Waals surface area contributed by atoms with Crippen LogP contribution in [0.1, 0.15) is 37.9 Å². The molecule has 19 heavy (non-hydrogen) atoms. The molecule has 2 aromatic rings. The minimum Gasteiger partial charge on any atom is -0.312 e. The molecule has 0 N–H and O–H groups in total. The average Bonchev–Trinajstić information content (AvgIpc) is 2.79. The van der Waals surface area contributed by atoms with Crippen LogP contribution in [0.5, 0.6) is 0 Å². The minimum absolute atomic E-state index is 0.594. The number of pyridine rings is 1. The molecule has 0 radical (unpaired) electrons. The summed E-state index contributed by atoms with van der Waals surface area (Å²) in [7, 11) is 2.20. The van der Waals surface area contributed by atoms with E-state index in [0.29, 0.717) is 5.92 Å². The predicted octanol–water partition coefficient (Wildman–Crippen LogP) is 2.65. The summed E-state index contributed by atoms with van der Waals surface area (Å²) >= 11 is 0. The fraction of sp³-hybridized carbons (Fsp3) is 0.600. The summed E-state index contributed by atoms with van der Waals surface area (Å²) in [5.41, 5.74) is 2.10. The normalized spacial score (nSPS) is 18.2. The number of aryl methyl sites for hydroxylation is 1. The molecular formula is C15H22N4. The molecule has 0 saturated carbocycles. The molecule has 3 rings (SSSR count). The predicted molar refractivity (Wildman–Crippen MR) is 77.3 cm³/mol. The summed E-state index contributed by atoms with van der Waals surface area (Å²) in [5.74, 6) is 1.85. The van der Waals surface area contributed by atoms with Gasteiger partial charge in [0.05, 0.1) is 0 Å². The molecule has 1 aliphatic heterocycles. The Hall–Kier alpha value is -1.42. The van der Waals surface area contributed by atoms with Crippen LogP contribution in [0.4, 0.5) is 0 Å². The van der Waals surface area contributed by atoms with Crippen LogP contribution >= 0.6 is 0 Å². The molecule has 4 nitrogen and oxygen atoms in total. The van der Waals surface area contributed by atoms with Crippen molar-refractivity contribution in [2.24, 2.45) is 0 Å². The van der Waals surface area contributed by atoms with Crippen LogP contribution < -0.4 is 0 Å². The second-order valence-electron chi connectivity index (χ2n) is 5.55. The lowest BCUT2D eigenvalue weighted by molar-refractivity contribution is 0.249. The minimum atomic E-state index is 0.594. The van der Waals surface area contributed by atoms with Crippen molar-refractivity contribution in [1.29, 1.82) is 0 Å². The molecule has 0 unspecified atom stereocenters. The Labute approximate surface area is 114 Å². The van der Waals surface area contributed by atoms with E-state index in [9.17, 15) is 0 Å². The third-order valence-electron chi connectivity index (χ3n) is 4.06. The number of nitrogens with zero attached hydrogens (tertiary/aromatic N) is 4. The second kappa shape index (κ2) is 5.29. The van der Waals surface area contributed by atoms with Gasteiger partial charge in [-0.2, -0.15) is 0 Å². The maximum Gasteiger partial charge on any atom is 0.159 e. The topological polar surface area (TPSA) is 34.0 Å². The lowest BCUT2D eigenvalue weighted by Crippen LogP contribution is -2.30. The standard InChI is InChI=1S/C15H22N4/c1-3-9-19-14(12-6-10-18(2)11-7-12)17-13-5-4-8-16-15(13)19/h4-5,8,12H,3,6-7,9-11H2,1-2H3. The van der Waals surface area contributed by atoms with Crippen molar-refractivity contribution < 1.29 is 0 Å². The van der Waals surface area contributed by atoms with Gasteiger partial charge in [0.15, 0.2) is 5.65 Å². The molecule has 1 aliphatic rings. The Morgan fingerprint density at radius 3 is 2.84 bits per heavy atom. The van der Waals surface area contributed by atoms with Gasteiger partial charge < -0.3 is 9.47 Å². The van der Waals surface area contributed by atoms with Gasteiger partial charge in [-0.1, -0.05) is 6.92 Å². The van der Waals surface area contributed by atoms with Crippen molar-refractivity contribution in [3.05, 3.63) is 24.2 Å². The Morgan fingerprint density at radius 1 is 1.32 bits per heavy atom. The van der Waals surface area contributed by atoms with E-state index in [-0.39, 0.29) is 0 Å². The first kappa shape index (κ1) is 12.6. The Balaban J connectivity index is 1.99. The van der Waals surface area contributed by atoms with Crippen molar-refractivity contribution >= 4 is 11.2 Å². The molecule has 0 atom stereocenters. The van der Waals surface area contributed by atoms with Gasteiger partial charge >= 0.3 is 0 Å². The highest BCUT2D eigenvalue weighted by Crippen LogP contribution is 2.29. The summed E-state index contributed by atoms with van der Waals surface area (Å²) in [5, 5.41) is 0. The summed E-state index contributed by atoms with van der Waals surface area (Å²) in [6, 6.07) is 4.05. The zero-order valence-electron chi connectivity index (χ0n) is 11.8. The summed E-state index contributed by atoms with van der Waals surface area (Å²) in [6.07, 6.45) is 5.42. The van der Waals surface area contributed by atoms with E-state index in [1.54, 1.807) is 0 Å². The van der Waals surface area contributed by atoms with E-state index >= 15 is 0 Å². The first-order chi connectivity index (χ1) is 9.29. The van der Waals surface area contributed by atoms with Gasteiger partial charge in [-0.05, 0) is 51.5 Å². The lowest BCUT2D eigenvalue weighted by atomic mass is 9.96. The van der Waals surface area contributed by atoms with E-state index in [0.717, 1.165) is 24.1 Å². The Kier molecular flexibility index (Phi) is 3.51. The molecule has 0 spiro atoms. The van der Waals surface area contributed by atoms with E-state index in [2.05, 4.69) is 34.5 Å². The van der Waals surface area contributed by atoms with Crippen LogP contribution in [0.2, 0.25) is 0 Å². The van der Waals surface area contributed by atoms with Crippen LogP contribution in [0.15, 0.2) is 18.3 Å². The molecule has 0 aromatic carbocycles. The zero-order chi connectivity index (χ0) is 13.2. The monoisotopic (exact) mass is 258 g/mol. The number of hydrogen-bond donors (Lipinski definition) is 0. The van der Waals surface area contributed by atoms with Crippen molar-refractivity contribution in [1.82, 2.24) is 19.4 Å². The first-order valence-electron chi connectivity index (χ1n) is 7.29. The first-order valence-corrected chi connectivity index (χ1v) is 7.29. The van der Waals surface area contributed by atoms with Gasteiger partial charge in [-0.3, -0.25) is 0 Å². The van der Waals surface area contributed by atoms with Crippen LogP contribution in [-0.2, 0) is 6.54 Å². The van der Waals surface area contributed by atoms with Gasteiger partial charge in [-0.25, -0.2) is 9.97 Å². The Morgan fingerprint density at radius 2 is 2.11 bits per heavy atom. The molecule has 1 saturated heterocycles. The highest BCUT2D eigenvalue weighted by molar-refractivity contribution is 5.71. The van der Waals surface area contributed by atoms with Crippen LogP contribution in [0, 0.1) is 0 Å². The number of fused-ring (bicyclic) bond motifs is 1. The summed E-state index contributed by atoms with van der Waals surface area (Å²) < 4.78 is 2.34. The summed E-state index contributed by atoms with van der Waals surface area (Å²) in [6.45, 7) is 5.59. The zero-order valence-corrected chi connectivity index (χ0v) is 11.8. The highest BCUT2D eigenvalue weighted by atomic mass is 15.1. The van der Waals surface area contributed by atoms with Gasteiger partial charge in [0.2, 0.25) is 0 Å². The molecular weight excluding hydrogens is 236 g/mol. The third kappa shape index (κ3) is 2.37. The fourth-order valence-corrected chi connectivity index (χ4v) is 3.00. The highest BCUT2D eigenvalue weighted by Gasteiger charge is 2.24. The second-order valence-corrected chi connectivity index (χ2v) is 5.55. The molecule has 2 aromatic heterocycles. The van der Waals surface area contributed by atoms with E-state index in [1.165, 1.54) is 31.8 Å². The van der Waals surface area contributed by atoms with Crippen molar-refractivity contribution in [3.8, 4) is 0 Å². The Bertz CT molecular complexity index is 552. The molecule has 3 heterocycles. The molecule has 4 heteroatoms. The number of imidazole rings is 1. The van der Waals surface area contributed by atoms with Gasteiger partial charge in [0, 0.05) is 18.7 Å².